The van der Waals surface area contributed by atoms with E-state index in [1.54, 1.807) is 0 Å². The minimum Gasteiger partial charge on any atom is -0.492 e. The number of para-hydroxylation sites is 1. The molecule has 0 aliphatic carbocycles. The van der Waals surface area contributed by atoms with Crippen molar-refractivity contribution >= 4 is 5.97 Å². The summed E-state index contributed by atoms with van der Waals surface area (Å²) in [6.45, 7) is 4.09. The van der Waals surface area contributed by atoms with Gasteiger partial charge in [-0.3, -0.25) is 4.90 Å². The average Bonchev–Trinajstić information content (AvgIpc) is 3.20. The van der Waals surface area contributed by atoms with E-state index in [9.17, 15) is 4.79 Å². The maximum absolute atomic E-state index is 13.0. The second-order valence-electron chi connectivity index (χ2n) is 7.74. The van der Waals surface area contributed by atoms with Crippen LogP contribution < -0.4 is 14.2 Å². The molecular weight excluding hydrogens is 406 g/mol. The molecule has 2 heterocycles. The Morgan fingerprint density at radius 2 is 1.78 bits per heavy atom. The first-order valence-electron chi connectivity index (χ1n) is 10.8. The first kappa shape index (κ1) is 20.4. The molecule has 0 fully saturated rings. The van der Waals surface area contributed by atoms with E-state index in [1.807, 2.05) is 61.5 Å². The molecule has 0 spiro atoms. The summed E-state index contributed by atoms with van der Waals surface area (Å²) in [7, 11) is 0. The summed E-state index contributed by atoms with van der Waals surface area (Å²) in [6.07, 6.45) is 0. The summed E-state index contributed by atoms with van der Waals surface area (Å²) in [5.41, 5.74) is 4.08. The van der Waals surface area contributed by atoms with Crippen LogP contribution in [0.15, 0.2) is 66.7 Å². The van der Waals surface area contributed by atoms with Gasteiger partial charge in [-0.05, 0) is 41.8 Å². The van der Waals surface area contributed by atoms with Crippen molar-refractivity contribution in [1.29, 1.82) is 0 Å². The van der Waals surface area contributed by atoms with Crippen molar-refractivity contribution in [2.75, 3.05) is 26.6 Å². The molecule has 1 unspecified atom stereocenters. The number of hydrogen-bond acceptors (Lipinski definition) is 6. The Balaban J connectivity index is 1.51. The van der Waals surface area contributed by atoms with Crippen molar-refractivity contribution < 1.29 is 23.7 Å². The van der Waals surface area contributed by atoms with Crippen LogP contribution in [0.2, 0.25) is 0 Å². The zero-order valence-corrected chi connectivity index (χ0v) is 18.0. The lowest BCUT2D eigenvalue weighted by Crippen LogP contribution is -2.36. The summed E-state index contributed by atoms with van der Waals surface area (Å²) < 4.78 is 22.4. The van der Waals surface area contributed by atoms with Gasteiger partial charge in [-0.2, -0.15) is 0 Å². The Labute approximate surface area is 187 Å². The van der Waals surface area contributed by atoms with E-state index in [2.05, 4.69) is 17.0 Å². The third-order valence-electron chi connectivity index (χ3n) is 5.80. The molecular formula is C26H25NO5. The van der Waals surface area contributed by atoms with Crippen LogP contribution in [0.25, 0.3) is 11.1 Å². The number of ether oxygens (including phenoxy) is 4. The van der Waals surface area contributed by atoms with Gasteiger partial charge in [0.05, 0.1) is 6.61 Å². The minimum atomic E-state index is -0.529. The Morgan fingerprint density at radius 3 is 2.69 bits per heavy atom. The lowest BCUT2D eigenvalue weighted by Gasteiger charge is -2.29. The monoisotopic (exact) mass is 431 g/mol. The fourth-order valence-corrected chi connectivity index (χ4v) is 4.33. The topological polar surface area (TPSA) is 57.2 Å². The van der Waals surface area contributed by atoms with E-state index in [1.165, 1.54) is 0 Å². The highest BCUT2D eigenvalue weighted by Gasteiger charge is 2.34. The number of esters is 1. The standard InChI is InChI=1S/C26H25NO5/c1-2-29-26(28)25-21-9-5-6-10-22(21)30-14-13-27(25)16-19-7-3-4-8-20(19)18-11-12-23-24(15-18)32-17-31-23/h3-12,15,25H,2,13-14,16-17H2,1H3. The molecule has 0 saturated carbocycles. The van der Waals surface area contributed by atoms with Crippen LogP contribution in [0.4, 0.5) is 0 Å². The molecule has 2 aliphatic rings. The number of carbonyl (C=O) groups is 1. The van der Waals surface area contributed by atoms with Crippen molar-refractivity contribution in [3.63, 3.8) is 0 Å². The van der Waals surface area contributed by atoms with Crippen LogP contribution in [0.5, 0.6) is 17.2 Å². The van der Waals surface area contributed by atoms with Gasteiger partial charge in [-0.25, -0.2) is 4.79 Å². The van der Waals surface area contributed by atoms with Crippen molar-refractivity contribution in [2.24, 2.45) is 0 Å². The third kappa shape index (κ3) is 3.89. The smallest absolute Gasteiger partial charge is 0.328 e. The fraction of sp³-hybridized carbons (Fsp3) is 0.269. The zero-order chi connectivity index (χ0) is 21.9. The van der Waals surface area contributed by atoms with Crippen molar-refractivity contribution in [3.05, 3.63) is 77.9 Å². The summed E-state index contributed by atoms with van der Waals surface area (Å²) in [5.74, 6) is 1.98. The Hall–Kier alpha value is -3.51. The maximum Gasteiger partial charge on any atom is 0.328 e. The maximum atomic E-state index is 13.0. The molecule has 0 aromatic heterocycles. The summed E-state index contributed by atoms with van der Waals surface area (Å²) >= 11 is 0. The molecule has 2 aliphatic heterocycles. The van der Waals surface area contributed by atoms with Gasteiger partial charge in [0.2, 0.25) is 6.79 Å². The van der Waals surface area contributed by atoms with Gasteiger partial charge in [0, 0.05) is 18.7 Å². The van der Waals surface area contributed by atoms with Crippen molar-refractivity contribution in [2.45, 2.75) is 19.5 Å². The van der Waals surface area contributed by atoms with Crippen LogP contribution in [-0.2, 0) is 16.1 Å². The van der Waals surface area contributed by atoms with Gasteiger partial charge >= 0.3 is 5.97 Å². The van der Waals surface area contributed by atoms with E-state index in [4.69, 9.17) is 18.9 Å². The van der Waals surface area contributed by atoms with Crippen molar-refractivity contribution in [1.82, 2.24) is 4.90 Å². The van der Waals surface area contributed by atoms with Crippen LogP contribution >= 0.6 is 0 Å². The summed E-state index contributed by atoms with van der Waals surface area (Å²) in [6, 6.07) is 21.4. The molecule has 0 amide bonds. The molecule has 6 heteroatoms. The van der Waals surface area contributed by atoms with Gasteiger partial charge in [0.1, 0.15) is 18.4 Å². The summed E-state index contributed by atoms with van der Waals surface area (Å²) in [4.78, 5) is 15.2. The van der Waals surface area contributed by atoms with Gasteiger partial charge < -0.3 is 18.9 Å². The highest BCUT2D eigenvalue weighted by atomic mass is 16.7. The second-order valence-corrected chi connectivity index (χ2v) is 7.74. The van der Waals surface area contributed by atoms with Crippen molar-refractivity contribution in [3.8, 4) is 28.4 Å². The first-order chi connectivity index (χ1) is 15.7. The van der Waals surface area contributed by atoms with E-state index in [0.717, 1.165) is 39.5 Å². The van der Waals surface area contributed by atoms with E-state index >= 15 is 0 Å². The largest absolute Gasteiger partial charge is 0.492 e. The fourth-order valence-electron chi connectivity index (χ4n) is 4.33. The predicted molar refractivity (Wildman–Crippen MR) is 120 cm³/mol. The van der Waals surface area contributed by atoms with Gasteiger partial charge in [0.25, 0.3) is 0 Å². The molecule has 0 N–H and O–H groups in total. The second kappa shape index (κ2) is 8.93. The van der Waals surface area contributed by atoms with E-state index in [-0.39, 0.29) is 12.8 Å². The minimum absolute atomic E-state index is 0.245. The quantitative estimate of drug-likeness (QED) is 0.551. The van der Waals surface area contributed by atoms with Gasteiger partial charge in [-0.15, -0.1) is 0 Å². The Kier molecular flexibility index (Phi) is 5.69. The molecule has 3 aromatic carbocycles. The SMILES string of the molecule is CCOC(=O)C1c2ccccc2OCCN1Cc1ccccc1-c1ccc2c(c1)OCO2. The number of rotatable bonds is 5. The lowest BCUT2D eigenvalue weighted by atomic mass is 9.97. The molecule has 164 valence electrons. The molecule has 0 bridgehead atoms. The number of carbonyl (C=O) groups excluding carboxylic acids is 1. The van der Waals surface area contributed by atoms with Gasteiger partial charge in [0.15, 0.2) is 11.5 Å². The van der Waals surface area contributed by atoms with Crippen LogP contribution in [-0.4, -0.2) is 37.4 Å². The number of hydrogen-bond donors (Lipinski definition) is 0. The van der Waals surface area contributed by atoms with Crippen LogP contribution in [0, 0.1) is 0 Å². The molecule has 5 rings (SSSR count). The predicted octanol–water partition coefficient (Wildman–Crippen LogP) is 4.58. The van der Waals surface area contributed by atoms with Gasteiger partial charge in [-0.1, -0.05) is 48.5 Å². The molecule has 32 heavy (non-hydrogen) atoms. The number of benzene rings is 3. The highest BCUT2D eigenvalue weighted by molar-refractivity contribution is 5.79. The first-order valence-corrected chi connectivity index (χ1v) is 10.8. The molecule has 0 saturated heterocycles. The Morgan fingerprint density at radius 1 is 0.969 bits per heavy atom. The zero-order valence-electron chi connectivity index (χ0n) is 18.0. The molecule has 6 nitrogen and oxygen atoms in total. The average molecular weight is 431 g/mol. The number of nitrogens with zero attached hydrogens (tertiary/aromatic N) is 1. The number of fused-ring (bicyclic) bond motifs is 2. The Bertz CT molecular complexity index is 1130. The van der Waals surface area contributed by atoms with Crippen LogP contribution in [0.3, 0.4) is 0 Å². The molecule has 0 radical (unpaired) electrons. The molecule has 1 atom stereocenters. The third-order valence-corrected chi connectivity index (χ3v) is 5.80. The summed E-state index contributed by atoms with van der Waals surface area (Å²) in [5, 5.41) is 0. The molecule has 3 aromatic rings. The normalized spacial score (nSPS) is 17.2. The van der Waals surface area contributed by atoms with E-state index in [0.29, 0.717) is 26.3 Å². The van der Waals surface area contributed by atoms with E-state index < -0.39 is 6.04 Å². The lowest BCUT2D eigenvalue weighted by molar-refractivity contribution is -0.150. The van der Waals surface area contributed by atoms with Crippen LogP contribution in [0.1, 0.15) is 24.1 Å². The highest BCUT2D eigenvalue weighted by Crippen LogP contribution is 2.38.